The van der Waals surface area contributed by atoms with Gasteiger partial charge >= 0.3 is 0 Å². The molecule has 0 bridgehead atoms. The third kappa shape index (κ3) is 7.24. The van der Waals surface area contributed by atoms with Gasteiger partial charge in [-0.3, -0.25) is 4.99 Å². The summed E-state index contributed by atoms with van der Waals surface area (Å²) in [5, 5.41) is 15.0. The number of fused-ring (bicyclic) bond motifs is 1. The van der Waals surface area contributed by atoms with Crippen molar-refractivity contribution < 1.29 is 0 Å². The Bertz CT molecular complexity index is 1030. The number of allylic oxidation sites excluding steroid dienone is 2. The smallest absolute Gasteiger partial charge is 0.132 e. The number of hydrogen-bond acceptors (Lipinski definition) is 5. The number of halogens is 2. The van der Waals surface area contributed by atoms with Crippen molar-refractivity contribution in [3.8, 4) is 0 Å². The number of hydrogen-bond donors (Lipinski definition) is 5. The maximum Gasteiger partial charge on any atom is 0.132 e. The minimum absolute atomic E-state index is 0.205. The minimum Gasteiger partial charge on any atom is -0.386 e. The zero-order valence-corrected chi connectivity index (χ0v) is 21.3. The molecule has 0 aromatic heterocycles. The van der Waals surface area contributed by atoms with E-state index in [1.807, 2.05) is 44.3 Å². The van der Waals surface area contributed by atoms with Crippen LogP contribution in [-0.4, -0.2) is 39.1 Å². The van der Waals surface area contributed by atoms with Gasteiger partial charge in [0.05, 0.1) is 6.54 Å². The first-order valence-electron chi connectivity index (χ1n) is 11.6. The van der Waals surface area contributed by atoms with Crippen molar-refractivity contribution >= 4 is 34.7 Å². The fourth-order valence-electron chi connectivity index (χ4n) is 3.83. The average Bonchev–Trinajstić information content (AvgIpc) is 2.84. The summed E-state index contributed by atoms with van der Waals surface area (Å²) < 4.78 is 0. The van der Waals surface area contributed by atoms with Crippen LogP contribution in [0.1, 0.15) is 30.6 Å². The van der Waals surface area contributed by atoms with E-state index in [0.29, 0.717) is 29.7 Å². The van der Waals surface area contributed by atoms with Crippen molar-refractivity contribution in [3.63, 3.8) is 0 Å². The molecule has 0 fully saturated rings. The SMILES string of the molecule is C/C=C\C/C(=C\C(CN)CNC)NCCN=C1NC(c2ccc(Cl)cc2Cl)Nc2ccccc21. The third-order valence-electron chi connectivity index (χ3n) is 5.55. The molecule has 0 aliphatic carbocycles. The summed E-state index contributed by atoms with van der Waals surface area (Å²) in [7, 11) is 1.94. The van der Waals surface area contributed by atoms with Gasteiger partial charge in [0, 0.05) is 58.0 Å². The molecular formula is C26H34Cl2N6. The lowest BCUT2D eigenvalue weighted by Crippen LogP contribution is -2.39. The van der Waals surface area contributed by atoms with Crippen LogP contribution < -0.4 is 27.0 Å². The van der Waals surface area contributed by atoms with Gasteiger partial charge in [0.2, 0.25) is 0 Å². The van der Waals surface area contributed by atoms with Gasteiger partial charge in [-0.15, -0.1) is 0 Å². The highest BCUT2D eigenvalue weighted by molar-refractivity contribution is 6.35. The van der Waals surface area contributed by atoms with Gasteiger partial charge in [0.25, 0.3) is 0 Å². The number of nitrogens with two attached hydrogens (primary N) is 1. The Balaban J connectivity index is 1.73. The number of benzene rings is 2. The molecule has 0 saturated carbocycles. The van der Waals surface area contributed by atoms with E-state index in [1.54, 1.807) is 6.07 Å². The second-order valence-corrected chi connectivity index (χ2v) is 8.95. The molecule has 1 aliphatic heterocycles. The summed E-state index contributed by atoms with van der Waals surface area (Å²) in [4.78, 5) is 4.89. The van der Waals surface area contributed by atoms with Crippen molar-refractivity contribution in [2.24, 2.45) is 16.6 Å². The van der Waals surface area contributed by atoms with E-state index in [2.05, 4.69) is 45.6 Å². The van der Waals surface area contributed by atoms with Crippen LogP contribution in [0.5, 0.6) is 0 Å². The van der Waals surface area contributed by atoms with Crippen molar-refractivity contribution in [1.82, 2.24) is 16.0 Å². The van der Waals surface area contributed by atoms with Crippen LogP contribution in [0, 0.1) is 5.92 Å². The van der Waals surface area contributed by atoms with E-state index in [4.69, 9.17) is 33.9 Å². The lowest BCUT2D eigenvalue weighted by molar-refractivity contribution is 0.597. The number of nitrogens with one attached hydrogen (secondary N) is 4. The lowest BCUT2D eigenvalue weighted by atomic mass is 10.1. The third-order valence-corrected chi connectivity index (χ3v) is 6.11. The van der Waals surface area contributed by atoms with Gasteiger partial charge in [-0.1, -0.05) is 59.6 Å². The van der Waals surface area contributed by atoms with E-state index < -0.39 is 0 Å². The molecule has 1 aliphatic rings. The summed E-state index contributed by atoms with van der Waals surface area (Å²) >= 11 is 12.6. The average molecular weight is 502 g/mol. The Hall–Kier alpha value is -2.51. The number of rotatable bonds is 11. The fourth-order valence-corrected chi connectivity index (χ4v) is 4.35. The van der Waals surface area contributed by atoms with Crippen LogP contribution >= 0.6 is 23.2 Å². The van der Waals surface area contributed by atoms with Gasteiger partial charge in [-0.05, 0) is 44.8 Å². The maximum atomic E-state index is 6.48. The molecule has 2 unspecified atom stereocenters. The molecule has 2 aromatic carbocycles. The summed E-state index contributed by atoms with van der Waals surface area (Å²) in [5.41, 5.74) is 10.1. The zero-order valence-electron chi connectivity index (χ0n) is 19.7. The second-order valence-electron chi connectivity index (χ2n) is 8.11. The van der Waals surface area contributed by atoms with Crippen LogP contribution in [-0.2, 0) is 0 Å². The standard InChI is InChI=1S/C26H34Cl2N6/c1-3-4-7-20(14-18(16-29)17-30-2)31-12-13-32-25-22-8-5-6-9-24(22)33-26(34-25)21-11-10-19(27)15-23(21)28/h3-6,8-11,14-15,18,26,30-31,33H,7,12-13,16-17,29H2,1-2H3,(H,32,34)/b4-3-,20-14+. The minimum atomic E-state index is -0.205. The van der Waals surface area contributed by atoms with Crippen molar-refractivity contribution in [2.75, 3.05) is 38.5 Å². The number of amidine groups is 1. The predicted molar refractivity (Wildman–Crippen MR) is 146 cm³/mol. The molecule has 2 aromatic rings. The number of nitrogens with zero attached hydrogens (tertiary/aromatic N) is 1. The van der Waals surface area contributed by atoms with Crippen molar-refractivity contribution in [3.05, 3.63) is 87.6 Å². The van der Waals surface area contributed by atoms with E-state index in [9.17, 15) is 0 Å². The van der Waals surface area contributed by atoms with Crippen LogP contribution in [0.4, 0.5) is 5.69 Å². The highest BCUT2D eigenvalue weighted by Gasteiger charge is 2.24. The first-order valence-corrected chi connectivity index (χ1v) is 12.3. The van der Waals surface area contributed by atoms with Gasteiger partial charge < -0.3 is 27.0 Å². The molecule has 6 N–H and O–H groups in total. The summed E-state index contributed by atoms with van der Waals surface area (Å²) in [6.07, 6.45) is 7.06. The molecule has 0 spiro atoms. The van der Waals surface area contributed by atoms with Crippen LogP contribution in [0.2, 0.25) is 10.0 Å². The van der Waals surface area contributed by atoms with Crippen molar-refractivity contribution in [2.45, 2.75) is 19.5 Å². The Morgan fingerprint density at radius 2 is 2.03 bits per heavy atom. The highest BCUT2D eigenvalue weighted by atomic mass is 35.5. The number of anilines is 1. The second kappa shape index (κ2) is 13.4. The number of aliphatic imine (C=N–C) groups is 1. The molecule has 3 rings (SSSR count). The Morgan fingerprint density at radius 3 is 2.76 bits per heavy atom. The Morgan fingerprint density at radius 1 is 1.21 bits per heavy atom. The normalized spacial score (nSPS) is 17.9. The zero-order chi connectivity index (χ0) is 24.3. The van der Waals surface area contributed by atoms with E-state index in [-0.39, 0.29) is 12.1 Å². The largest absolute Gasteiger partial charge is 0.386 e. The monoisotopic (exact) mass is 500 g/mol. The van der Waals surface area contributed by atoms with Gasteiger partial charge in [-0.2, -0.15) is 0 Å². The van der Waals surface area contributed by atoms with Crippen molar-refractivity contribution in [1.29, 1.82) is 0 Å². The summed E-state index contributed by atoms with van der Waals surface area (Å²) in [6.45, 7) is 4.81. The van der Waals surface area contributed by atoms with Crippen LogP contribution in [0.3, 0.4) is 0 Å². The maximum absolute atomic E-state index is 6.48. The Kier molecular flexibility index (Phi) is 10.3. The van der Waals surface area contributed by atoms with Crippen LogP contribution in [0.25, 0.3) is 0 Å². The van der Waals surface area contributed by atoms with Gasteiger partial charge in [0.1, 0.15) is 12.0 Å². The van der Waals surface area contributed by atoms with Gasteiger partial charge in [0.15, 0.2) is 0 Å². The molecule has 0 saturated heterocycles. The quantitative estimate of drug-likeness (QED) is 0.228. The molecule has 34 heavy (non-hydrogen) atoms. The van der Waals surface area contributed by atoms with E-state index >= 15 is 0 Å². The van der Waals surface area contributed by atoms with Crippen LogP contribution in [0.15, 0.2) is 71.4 Å². The molecule has 6 nitrogen and oxygen atoms in total. The first kappa shape index (κ1) is 26.1. The van der Waals surface area contributed by atoms with E-state index in [1.165, 1.54) is 0 Å². The molecular weight excluding hydrogens is 467 g/mol. The molecule has 0 amide bonds. The fraction of sp³-hybridized carbons (Fsp3) is 0.346. The Labute approximate surface area is 212 Å². The molecule has 2 atom stereocenters. The number of para-hydroxylation sites is 1. The summed E-state index contributed by atoms with van der Waals surface area (Å²) in [6, 6.07) is 13.7. The molecule has 8 heteroatoms. The molecule has 0 radical (unpaired) electrons. The first-order chi connectivity index (χ1) is 16.5. The van der Waals surface area contributed by atoms with E-state index in [0.717, 1.165) is 41.3 Å². The molecule has 182 valence electrons. The summed E-state index contributed by atoms with van der Waals surface area (Å²) in [5.74, 6) is 1.12. The van der Waals surface area contributed by atoms with Gasteiger partial charge in [-0.25, -0.2) is 0 Å². The highest BCUT2D eigenvalue weighted by Crippen LogP contribution is 2.31. The topological polar surface area (TPSA) is 86.5 Å². The predicted octanol–water partition coefficient (Wildman–Crippen LogP) is 4.69. The lowest BCUT2D eigenvalue weighted by Gasteiger charge is -2.31. The molecule has 1 heterocycles.